The predicted molar refractivity (Wildman–Crippen MR) is 73.0 cm³/mol. The molecule has 0 unspecified atom stereocenters. The molecule has 0 bridgehead atoms. The smallest absolute Gasteiger partial charge is 0.262 e. The molecule has 2 heterocycles. The molecule has 19 heavy (non-hydrogen) atoms. The summed E-state index contributed by atoms with van der Waals surface area (Å²) in [6.07, 6.45) is 5.19. The van der Waals surface area contributed by atoms with Crippen LogP contribution in [0.15, 0.2) is 24.7 Å². The highest BCUT2D eigenvalue weighted by Crippen LogP contribution is 2.12. The third-order valence-corrected chi connectivity index (χ3v) is 2.78. The lowest BCUT2D eigenvalue weighted by molar-refractivity contribution is 0.0992. The predicted octanol–water partition coefficient (Wildman–Crippen LogP) is 1.55. The molecule has 6 heteroatoms. The summed E-state index contributed by atoms with van der Waals surface area (Å²) in [5.41, 5.74) is 0.578. The molecule has 0 saturated heterocycles. The molecule has 0 radical (unpaired) electrons. The van der Waals surface area contributed by atoms with Crippen LogP contribution in [0.1, 0.15) is 24.2 Å². The van der Waals surface area contributed by atoms with E-state index in [-0.39, 0.29) is 5.91 Å². The Hall–Kier alpha value is -2.11. The van der Waals surface area contributed by atoms with Crippen molar-refractivity contribution in [2.24, 2.45) is 13.0 Å². The van der Waals surface area contributed by atoms with Crippen molar-refractivity contribution in [1.82, 2.24) is 19.6 Å². The minimum atomic E-state index is -0.103. The highest BCUT2D eigenvalue weighted by molar-refractivity contribution is 6.04. The summed E-state index contributed by atoms with van der Waals surface area (Å²) in [6, 6.07) is 1.80. The molecule has 2 aromatic rings. The fourth-order valence-electron chi connectivity index (χ4n) is 1.83. The normalized spacial score (nSPS) is 11.0. The van der Waals surface area contributed by atoms with Crippen LogP contribution in [0.25, 0.3) is 0 Å². The van der Waals surface area contributed by atoms with Gasteiger partial charge in [-0.05, 0) is 5.92 Å². The van der Waals surface area contributed by atoms with Gasteiger partial charge < -0.3 is 0 Å². The lowest BCUT2D eigenvalue weighted by atomic mass is 10.2. The highest BCUT2D eigenvalue weighted by atomic mass is 16.2. The summed E-state index contributed by atoms with van der Waals surface area (Å²) in [5, 5.41) is 8.41. The number of aryl methyl sites for hydroxylation is 1. The van der Waals surface area contributed by atoms with Crippen molar-refractivity contribution >= 4 is 11.7 Å². The van der Waals surface area contributed by atoms with Gasteiger partial charge >= 0.3 is 0 Å². The second-order valence-electron chi connectivity index (χ2n) is 5.06. The van der Waals surface area contributed by atoms with E-state index < -0.39 is 0 Å². The molecule has 0 aromatic carbocycles. The summed E-state index contributed by atoms with van der Waals surface area (Å²) in [4.78, 5) is 13.8. The maximum absolute atomic E-state index is 12.3. The van der Waals surface area contributed by atoms with Gasteiger partial charge in [-0.1, -0.05) is 13.8 Å². The Morgan fingerprint density at radius 1 is 1.47 bits per heavy atom. The quantitative estimate of drug-likeness (QED) is 0.839. The molecular weight excluding hydrogens is 242 g/mol. The Labute approximate surface area is 112 Å². The third-order valence-electron chi connectivity index (χ3n) is 2.78. The molecule has 0 aliphatic carbocycles. The zero-order valence-electron chi connectivity index (χ0n) is 11.7. The maximum atomic E-state index is 12.3. The Kier molecular flexibility index (Phi) is 3.69. The summed E-state index contributed by atoms with van der Waals surface area (Å²) >= 11 is 0. The Balaban J connectivity index is 2.13. The Morgan fingerprint density at radius 3 is 2.79 bits per heavy atom. The summed E-state index contributed by atoms with van der Waals surface area (Å²) in [6.45, 7) is 5.03. The van der Waals surface area contributed by atoms with Gasteiger partial charge in [0.15, 0.2) is 5.82 Å². The number of hydrogen-bond donors (Lipinski definition) is 0. The molecule has 0 N–H and O–H groups in total. The van der Waals surface area contributed by atoms with Crippen molar-refractivity contribution in [3.8, 4) is 0 Å². The number of hydrogen-bond acceptors (Lipinski definition) is 3. The molecular formula is C13H19N5O. The highest BCUT2D eigenvalue weighted by Gasteiger charge is 2.17. The number of carbonyl (C=O) groups is 1. The molecule has 2 rings (SSSR count). The Bertz CT molecular complexity index is 569. The van der Waals surface area contributed by atoms with Gasteiger partial charge in [-0.25, -0.2) is 0 Å². The molecule has 2 aromatic heterocycles. The lowest BCUT2D eigenvalue weighted by Crippen LogP contribution is -2.26. The minimum absolute atomic E-state index is 0.103. The van der Waals surface area contributed by atoms with Crippen LogP contribution in [0.4, 0.5) is 5.82 Å². The van der Waals surface area contributed by atoms with E-state index in [2.05, 4.69) is 24.0 Å². The van der Waals surface area contributed by atoms with Gasteiger partial charge in [0.05, 0.1) is 11.8 Å². The summed E-state index contributed by atoms with van der Waals surface area (Å²) < 4.78 is 3.46. The van der Waals surface area contributed by atoms with E-state index in [0.29, 0.717) is 17.3 Å². The van der Waals surface area contributed by atoms with Gasteiger partial charge in [-0.3, -0.25) is 19.1 Å². The molecule has 6 nitrogen and oxygen atoms in total. The van der Waals surface area contributed by atoms with Gasteiger partial charge in [-0.2, -0.15) is 10.2 Å². The third kappa shape index (κ3) is 3.01. The lowest BCUT2D eigenvalue weighted by Gasteiger charge is -2.12. The zero-order valence-corrected chi connectivity index (χ0v) is 11.7. The van der Waals surface area contributed by atoms with Crippen LogP contribution in [0.5, 0.6) is 0 Å². The number of anilines is 1. The first-order chi connectivity index (χ1) is 8.97. The molecule has 0 atom stereocenters. The van der Waals surface area contributed by atoms with Crippen LogP contribution in [0, 0.1) is 5.92 Å². The monoisotopic (exact) mass is 261 g/mol. The number of rotatable bonds is 4. The van der Waals surface area contributed by atoms with Crippen LogP contribution in [-0.4, -0.2) is 32.5 Å². The molecule has 0 aliphatic rings. The molecule has 0 spiro atoms. The van der Waals surface area contributed by atoms with Crippen LogP contribution >= 0.6 is 0 Å². The SMILES string of the molecule is CC(C)Cn1cc(C(=O)N(C)c2ccn(C)n2)cn1. The minimum Gasteiger partial charge on any atom is -0.294 e. The molecule has 0 saturated carbocycles. The number of nitrogens with zero attached hydrogens (tertiary/aromatic N) is 5. The van der Waals surface area contributed by atoms with E-state index in [0.717, 1.165) is 6.54 Å². The van der Waals surface area contributed by atoms with Crippen molar-refractivity contribution in [2.45, 2.75) is 20.4 Å². The summed E-state index contributed by atoms with van der Waals surface area (Å²) in [7, 11) is 3.53. The fraction of sp³-hybridized carbons (Fsp3) is 0.462. The second kappa shape index (κ2) is 5.26. The summed E-state index contributed by atoms with van der Waals surface area (Å²) in [5.74, 6) is 1.02. The van der Waals surface area contributed by atoms with E-state index in [1.54, 1.807) is 41.1 Å². The van der Waals surface area contributed by atoms with Gasteiger partial charge in [0.2, 0.25) is 0 Å². The first kappa shape index (κ1) is 13.3. The van der Waals surface area contributed by atoms with E-state index in [1.165, 1.54) is 4.90 Å². The van der Waals surface area contributed by atoms with Crippen molar-refractivity contribution in [3.63, 3.8) is 0 Å². The van der Waals surface area contributed by atoms with Crippen LogP contribution < -0.4 is 4.90 Å². The molecule has 0 aliphatic heterocycles. The molecule has 102 valence electrons. The van der Waals surface area contributed by atoms with E-state index in [1.807, 2.05) is 7.05 Å². The van der Waals surface area contributed by atoms with Crippen molar-refractivity contribution < 1.29 is 4.79 Å². The van der Waals surface area contributed by atoms with Gasteiger partial charge in [0.25, 0.3) is 5.91 Å². The van der Waals surface area contributed by atoms with Crippen LogP contribution in [0.3, 0.4) is 0 Å². The Morgan fingerprint density at radius 2 is 2.21 bits per heavy atom. The molecule has 1 amide bonds. The first-order valence-electron chi connectivity index (χ1n) is 6.27. The number of carbonyl (C=O) groups excluding carboxylic acids is 1. The number of aromatic nitrogens is 4. The molecule has 0 fully saturated rings. The van der Waals surface area contributed by atoms with E-state index in [4.69, 9.17) is 0 Å². The van der Waals surface area contributed by atoms with Crippen molar-refractivity contribution in [2.75, 3.05) is 11.9 Å². The van der Waals surface area contributed by atoms with Crippen LogP contribution in [0.2, 0.25) is 0 Å². The van der Waals surface area contributed by atoms with E-state index in [9.17, 15) is 4.79 Å². The first-order valence-corrected chi connectivity index (χ1v) is 6.27. The average molecular weight is 261 g/mol. The van der Waals surface area contributed by atoms with Gasteiger partial charge in [0, 0.05) is 39.1 Å². The van der Waals surface area contributed by atoms with Crippen LogP contribution in [-0.2, 0) is 13.6 Å². The van der Waals surface area contributed by atoms with Crippen molar-refractivity contribution in [1.29, 1.82) is 0 Å². The second-order valence-corrected chi connectivity index (χ2v) is 5.06. The zero-order chi connectivity index (χ0) is 14.0. The largest absolute Gasteiger partial charge is 0.294 e. The standard InChI is InChI=1S/C13H19N5O/c1-10(2)8-18-9-11(7-14-18)13(19)17(4)12-5-6-16(3)15-12/h5-7,9-10H,8H2,1-4H3. The van der Waals surface area contributed by atoms with Gasteiger partial charge in [0.1, 0.15) is 0 Å². The number of amides is 1. The maximum Gasteiger partial charge on any atom is 0.262 e. The average Bonchev–Trinajstić information content (AvgIpc) is 2.95. The van der Waals surface area contributed by atoms with Gasteiger partial charge in [-0.15, -0.1) is 0 Å². The van der Waals surface area contributed by atoms with Crippen molar-refractivity contribution in [3.05, 3.63) is 30.2 Å². The van der Waals surface area contributed by atoms with E-state index >= 15 is 0 Å². The topological polar surface area (TPSA) is 56.0 Å². The fourth-order valence-corrected chi connectivity index (χ4v) is 1.83.